The van der Waals surface area contributed by atoms with Gasteiger partial charge in [0.1, 0.15) is 11.5 Å². The minimum absolute atomic E-state index is 0.145. The van der Waals surface area contributed by atoms with E-state index in [0.717, 1.165) is 5.56 Å². The quantitative estimate of drug-likeness (QED) is 0.282. The Hall–Kier alpha value is -3.95. The molecule has 0 aliphatic carbocycles. The summed E-state index contributed by atoms with van der Waals surface area (Å²) >= 11 is 0. The monoisotopic (exact) mass is 534 g/mol. The maximum absolute atomic E-state index is 14.0. The van der Waals surface area contributed by atoms with Crippen molar-refractivity contribution in [2.24, 2.45) is 0 Å². The Kier molecular flexibility index (Phi) is 8.09. The summed E-state index contributed by atoms with van der Waals surface area (Å²) in [5, 5.41) is 6.70. The molecule has 9 heteroatoms. The van der Waals surface area contributed by atoms with Crippen molar-refractivity contribution in [3.05, 3.63) is 95.9 Å². The standard InChI is InChI=1S/C30H29F3N4O2/c1-39-15-14-37-17-24(20-10-7-11-21(31)16-20)25(18-37)34-30(38)36-27-22-12-5-6-13-23(22)28(29(32)33)35-26(27)19-8-3-2-4-9-19/h2-13,16,24-25,29H,14-15,17-18H2,1H3,(H2,34,36,38). The zero-order valence-corrected chi connectivity index (χ0v) is 21.4. The number of hydrogen-bond donors (Lipinski definition) is 2. The van der Waals surface area contributed by atoms with E-state index in [1.807, 2.05) is 12.1 Å². The Morgan fingerprint density at radius 2 is 1.77 bits per heavy atom. The number of benzene rings is 3. The van der Waals surface area contributed by atoms with Crippen LogP contribution in [-0.2, 0) is 4.74 Å². The summed E-state index contributed by atoms with van der Waals surface area (Å²) < 4.78 is 47.3. The summed E-state index contributed by atoms with van der Waals surface area (Å²) in [6, 6.07) is 21.2. The number of pyridine rings is 1. The first-order chi connectivity index (χ1) is 18.9. The summed E-state index contributed by atoms with van der Waals surface area (Å²) in [6.45, 7) is 2.38. The molecule has 1 aliphatic heterocycles. The molecule has 0 spiro atoms. The lowest BCUT2D eigenvalue weighted by molar-refractivity contribution is 0.148. The fourth-order valence-electron chi connectivity index (χ4n) is 5.21. The molecule has 1 fully saturated rings. The maximum atomic E-state index is 14.0. The molecule has 2 N–H and O–H groups in total. The minimum atomic E-state index is -2.79. The van der Waals surface area contributed by atoms with Crippen LogP contribution >= 0.6 is 0 Å². The molecule has 4 aromatic rings. The third-order valence-corrected chi connectivity index (χ3v) is 7.03. The normalized spacial score (nSPS) is 17.6. The van der Waals surface area contributed by atoms with Gasteiger partial charge >= 0.3 is 6.03 Å². The molecule has 6 nitrogen and oxygen atoms in total. The number of urea groups is 1. The zero-order chi connectivity index (χ0) is 27.4. The largest absolute Gasteiger partial charge is 0.383 e. The third kappa shape index (κ3) is 5.89. The molecule has 39 heavy (non-hydrogen) atoms. The molecule has 1 saturated heterocycles. The molecular weight excluding hydrogens is 505 g/mol. The van der Waals surface area contributed by atoms with Crippen LogP contribution in [0.5, 0.6) is 0 Å². The molecule has 1 aliphatic rings. The van der Waals surface area contributed by atoms with Gasteiger partial charge in [0, 0.05) is 49.0 Å². The van der Waals surface area contributed by atoms with Crippen molar-refractivity contribution in [3.8, 4) is 11.3 Å². The predicted octanol–water partition coefficient (Wildman–Crippen LogP) is 6.21. The topological polar surface area (TPSA) is 66.5 Å². The van der Waals surface area contributed by atoms with Crippen LogP contribution in [-0.4, -0.2) is 55.3 Å². The highest BCUT2D eigenvalue weighted by Crippen LogP contribution is 2.38. The van der Waals surface area contributed by atoms with Gasteiger partial charge in [0.15, 0.2) is 0 Å². The molecule has 0 radical (unpaired) electrons. The Labute approximate surface area is 224 Å². The van der Waals surface area contributed by atoms with Gasteiger partial charge < -0.3 is 15.4 Å². The number of carbonyl (C=O) groups excluding carboxylic acids is 1. The lowest BCUT2D eigenvalue weighted by Crippen LogP contribution is -2.42. The number of fused-ring (bicyclic) bond motifs is 1. The van der Waals surface area contributed by atoms with Gasteiger partial charge in [-0.2, -0.15) is 0 Å². The van der Waals surface area contributed by atoms with E-state index in [2.05, 4.69) is 20.5 Å². The van der Waals surface area contributed by atoms with Crippen LogP contribution in [0.2, 0.25) is 0 Å². The highest BCUT2D eigenvalue weighted by molar-refractivity contribution is 6.07. The van der Waals surface area contributed by atoms with Crippen LogP contribution in [0.25, 0.3) is 22.0 Å². The zero-order valence-electron chi connectivity index (χ0n) is 21.4. The van der Waals surface area contributed by atoms with E-state index in [-0.39, 0.29) is 34.6 Å². The number of nitrogens with one attached hydrogen (secondary N) is 2. The van der Waals surface area contributed by atoms with E-state index in [4.69, 9.17) is 4.74 Å². The molecule has 2 atom stereocenters. The van der Waals surface area contributed by atoms with Crippen LogP contribution in [0.15, 0.2) is 78.9 Å². The van der Waals surface area contributed by atoms with E-state index < -0.39 is 12.5 Å². The number of methoxy groups -OCH3 is 1. The van der Waals surface area contributed by atoms with Crippen LogP contribution in [0, 0.1) is 5.82 Å². The number of rotatable bonds is 8. The van der Waals surface area contributed by atoms with E-state index in [1.165, 1.54) is 12.1 Å². The second-order valence-corrected chi connectivity index (χ2v) is 9.55. The van der Waals surface area contributed by atoms with E-state index >= 15 is 0 Å². The van der Waals surface area contributed by atoms with Crippen LogP contribution in [0.3, 0.4) is 0 Å². The number of alkyl halides is 2. The first-order valence-electron chi connectivity index (χ1n) is 12.7. The van der Waals surface area contributed by atoms with Gasteiger partial charge in [-0.25, -0.2) is 22.9 Å². The van der Waals surface area contributed by atoms with Crippen molar-refractivity contribution >= 4 is 22.5 Å². The van der Waals surface area contributed by atoms with Crippen LogP contribution < -0.4 is 10.6 Å². The summed E-state index contributed by atoms with van der Waals surface area (Å²) in [5.74, 6) is -0.483. The number of nitrogens with zero attached hydrogens (tertiary/aromatic N) is 2. The average Bonchev–Trinajstić information content (AvgIpc) is 3.34. The van der Waals surface area contributed by atoms with Crippen molar-refractivity contribution in [2.75, 3.05) is 38.7 Å². The molecule has 5 rings (SSSR count). The molecule has 1 aromatic heterocycles. The second-order valence-electron chi connectivity index (χ2n) is 9.55. The second kappa shape index (κ2) is 11.8. The fourth-order valence-corrected chi connectivity index (χ4v) is 5.21. The summed E-state index contributed by atoms with van der Waals surface area (Å²) in [5.41, 5.74) is 1.65. The van der Waals surface area contributed by atoms with Crippen LogP contribution in [0.4, 0.5) is 23.7 Å². The van der Waals surface area contributed by atoms with E-state index in [1.54, 1.807) is 61.7 Å². The van der Waals surface area contributed by atoms with Gasteiger partial charge in [-0.1, -0.05) is 66.7 Å². The van der Waals surface area contributed by atoms with Crippen molar-refractivity contribution < 1.29 is 22.7 Å². The van der Waals surface area contributed by atoms with Gasteiger partial charge in [0.25, 0.3) is 6.43 Å². The van der Waals surface area contributed by atoms with E-state index in [9.17, 15) is 18.0 Å². The Bertz CT molecular complexity index is 1450. The molecule has 2 heterocycles. The molecule has 3 aromatic carbocycles. The Morgan fingerprint density at radius 1 is 1.03 bits per heavy atom. The number of anilines is 1. The Morgan fingerprint density at radius 3 is 2.49 bits per heavy atom. The van der Waals surface area contributed by atoms with Gasteiger partial charge in [-0.3, -0.25) is 4.90 Å². The number of carbonyl (C=O) groups is 1. The number of aromatic nitrogens is 1. The summed E-state index contributed by atoms with van der Waals surface area (Å²) in [7, 11) is 1.63. The number of hydrogen-bond acceptors (Lipinski definition) is 4. The van der Waals surface area contributed by atoms with Gasteiger partial charge in [0.05, 0.1) is 24.0 Å². The Balaban J connectivity index is 1.48. The lowest BCUT2D eigenvalue weighted by Gasteiger charge is -2.22. The van der Waals surface area contributed by atoms with Crippen molar-refractivity contribution in [1.29, 1.82) is 0 Å². The fraction of sp³-hybridized carbons (Fsp3) is 0.267. The predicted molar refractivity (Wildman–Crippen MR) is 146 cm³/mol. The molecule has 2 amide bonds. The van der Waals surface area contributed by atoms with E-state index in [0.29, 0.717) is 42.9 Å². The smallest absolute Gasteiger partial charge is 0.319 e. The van der Waals surface area contributed by atoms with Crippen molar-refractivity contribution in [2.45, 2.75) is 18.4 Å². The molecular formula is C30H29F3N4O2. The molecule has 0 bridgehead atoms. The van der Waals surface area contributed by atoms with Crippen molar-refractivity contribution in [1.82, 2.24) is 15.2 Å². The van der Waals surface area contributed by atoms with Gasteiger partial charge in [0.2, 0.25) is 0 Å². The van der Waals surface area contributed by atoms with Gasteiger partial charge in [-0.15, -0.1) is 0 Å². The molecule has 2 unspecified atom stereocenters. The maximum Gasteiger partial charge on any atom is 0.319 e. The third-order valence-electron chi connectivity index (χ3n) is 7.03. The molecule has 202 valence electrons. The highest BCUT2D eigenvalue weighted by atomic mass is 19.3. The number of likely N-dealkylation sites (tertiary alicyclic amines) is 1. The summed E-state index contributed by atoms with van der Waals surface area (Å²) in [4.78, 5) is 19.9. The van der Waals surface area contributed by atoms with Crippen molar-refractivity contribution in [3.63, 3.8) is 0 Å². The number of ether oxygens (including phenoxy) is 1. The minimum Gasteiger partial charge on any atom is -0.383 e. The first kappa shape index (κ1) is 26.6. The number of halogens is 3. The number of amides is 2. The van der Waals surface area contributed by atoms with Gasteiger partial charge in [-0.05, 0) is 17.7 Å². The van der Waals surface area contributed by atoms with Crippen LogP contribution in [0.1, 0.15) is 23.6 Å². The first-order valence-corrected chi connectivity index (χ1v) is 12.7. The highest BCUT2D eigenvalue weighted by Gasteiger charge is 2.35. The average molecular weight is 535 g/mol. The lowest BCUT2D eigenvalue weighted by atomic mass is 9.94. The molecule has 0 saturated carbocycles. The summed E-state index contributed by atoms with van der Waals surface area (Å²) in [6.07, 6.45) is -2.79. The SMILES string of the molecule is COCCN1CC(NC(=O)Nc2c(-c3ccccc3)nc(C(F)F)c3ccccc23)C(c2cccc(F)c2)C1.